The van der Waals surface area contributed by atoms with Crippen LogP contribution in [0.5, 0.6) is 0 Å². The van der Waals surface area contributed by atoms with Gasteiger partial charge in [-0.2, -0.15) is 0 Å². The maximum atomic E-state index is 3.43. The molecule has 3 heteroatoms. The number of nitrogens with zero attached hydrogens (tertiary/aromatic N) is 2. The van der Waals surface area contributed by atoms with E-state index in [-0.39, 0.29) is 0 Å². The van der Waals surface area contributed by atoms with Crippen molar-refractivity contribution < 1.29 is 0 Å². The lowest BCUT2D eigenvalue weighted by Gasteiger charge is -2.38. The molecule has 1 aliphatic rings. The molecule has 1 N–H and O–H groups in total. The van der Waals surface area contributed by atoms with Gasteiger partial charge in [-0.25, -0.2) is 0 Å². The predicted octanol–water partition coefficient (Wildman–Crippen LogP) is 1.01. The average molecular weight is 213 g/mol. The Morgan fingerprint density at radius 2 is 1.93 bits per heavy atom. The van der Waals surface area contributed by atoms with Crippen LogP contribution in [-0.2, 0) is 0 Å². The Kier molecular flexibility index (Phi) is 5.58. The first-order chi connectivity index (χ1) is 7.15. The first-order valence-corrected chi connectivity index (χ1v) is 6.26. The van der Waals surface area contributed by atoms with Gasteiger partial charge in [0.2, 0.25) is 0 Å². The van der Waals surface area contributed by atoms with Gasteiger partial charge in [-0.15, -0.1) is 0 Å². The third-order valence-electron chi connectivity index (χ3n) is 3.54. The molecule has 1 rings (SSSR count). The fraction of sp³-hybridized carbons (Fsp3) is 1.00. The minimum Gasteiger partial charge on any atom is -0.315 e. The quantitative estimate of drug-likeness (QED) is 0.735. The molecular weight excluding hydrogens is 186 g/mol. The van der Waals surface area contributed by atoms with E-state index < -0.39 is 0 Å². The number of piperidine rings is 1. The fourth-order valence-electron chi connectivity index (χ4n) is 2.33. The first-order valence-electron chi connectivity index (χ1n) is 6.26. The van der Waals surface area contributed by atoms with Crippen LogP contribution < -0.4 is 5.32 Å². The Balaban J connectivity index is 2.24. The fourth-order valence-corrected chi connectivity index (χ4v) is 2.33. The third-order valence-corrected chi connectivity index (χ3v) is 3.54. The van der Waals surface area contributed by atoms with Gasteiger partial charge in [0.25, 0.3) is 0 Å². The molecule has 0 spiro atoms. The molecule has 3 nitrogen and oxygen atoms in total. The van der Waals surface area contributed by atoms with Gasteiger partial charge in [0.15, 0.2) is 0 Å². The Morgan fingerprint density at radius 3 is 2.40 bits per heavy atom. The topological polar surface area (TPSA) is 18.5 Å². The summed E-state index contributed by atoms with van der Waals surface area (Å²) in [6, 6.07) is 1.49. The van der Waals surface area contributed by atoms with Crippen molar-refractivity contribution >= 4 is 0 Å². The van der Waals surface area contributed by atoms with Gasteiger partial charge in [-0.1, -0.05) is 6.92 Å². The lowest BCUT2D eigenvalue weighted by atomic mass is 10.0. The summed E-state index contributed by atoms with van der Waals surface area (Å²) in [6.07, 6.45) is 2.65. The van der Waals surface area contributed by atoms with E-state index in [0.717, 1.165) is 19.1 Å². The van der Waals surface area contributed by atoms with Gasteiger partial charge < -0.3 is 10.2 Å². The highest BCUT2D eigenvalue weighted by atomic mass is 15.2. The van der Waals surface area contributed by atoms with E-state index in [4.69, 9.17) is 0 Å². The average Bonchev–Trinajstić information content (AvgIpc) is 2.26. The zero-order chi connectivity index (χ0) is 11.3. The van der Waals surface area contributed by atoms with Crippen LogP contribution in [-0.4, -0.2) is 62.2 Å². The van der Waals surface area contributed by atoms with Crippen LogP contribution in [0.25, 0.3) is 0 Å². The molecule has 1 atom stereocenters. The van der Waals surface area contributed by atoms with Crippen molar-refractivity contribution in [3.8, 4) is 0 Å². The van der Waals surface area contributed by atoms with E-state index in [0.29, 0.717) is 6.04 Å². The van der Waals surface area contributed by atoms with Crippen molar-refractivity contribution in [2.24, 2.45) is 0 Å². The van der Waals surface area contributed by atoms with E-state index in [1.807, 2.05) is 0 Å². The van der Waals surface area contributed by atoms with Gasteiger partial charge in [-0.05, 0) is 53.5 Å². The number of likely N-dealkylation sites (tertiary alicyclic amines) is 1. The summed E-state index contributed by atoms with van der Waals surface area (Å²) in [4.78, 5) is 4.98. The molecule has 0 saturated carbocycles. The van der Waals surface area contributed by atoms with Gasteiger partial charge in [0, 0.05) is 18.6 Å². The molecule has 1 unspecified atom stereocenters. The van der Waals surface area contributed by atoms with Crippen LogP contribution >= 0.6 is 0 Å². The van der Waals surface area contributed by atoms with Gasteiger partial charge in [-0.3, -0.25) is 4.90 Å². The van der Waals surface area contributed by atoms with Crippen LogP contribution in [0.1, 0.15) is 26.7 Å². The SMILES string of the molecule is CCNCC(C)N1CCC(N(C)C)CC1. The highest BCUT2D eigenvalue weighted by Gasteiger charge is 2.23. The standard InChI is InChI=1S/C12H27N3/c1-5-13-10-11(2)15-8-6-12(7-9-15)14(3)4/h11-13H,5-10H2,1-4H3. The van der Waals surface area contributed by atoms with Crippen molar-refractivity contribution in [3.05, 3.63) is 0 Å². The van der Waals surface area contributed by atoms with Gasteiger partial charge >= 0.3 is 0 Å². The largest absolute Gasteiger partial charge is 0.315 e. The molecule has 0 aromatic carbocycles. The normalized spacial score (nSPS) is 22.2. The van der Waals surface area contributed by atoms with Crippen LogP contribution in [0.3, 0.4) is 0 Å². The smallest absolute Gasteiger partial charge is 0.0192 e. The van der Waals surface area contributed by atoms with Crippen molar-refractivity contribution in [1.29, 1.82) is 0 Å². The summed E-state index contributed by atoms with van der Waals surface area (Å²) in [5.41, 5.74) is 0. The lowest BCUT2D eigenvalue weighted by molar-refractivity contribution is 0.114. The zero-order valence-electron chi connectivity index (χ0n) is 10.8. The Hall–Kier alpha value is -0.120. The summed E-state index contributed by atoms with van der Waals surface area (Å²) in [7, 11) is 4.39. The second-order valence-electron chi connectivity index (χ2n) is 4.89. The summed E-state index contributed by atoms with van der Waals surface area (Å²) in [5, 5.41) is 3.43. The number of hydrogen-bond donors (Lipinski definition) is 1. The first kappa shape index (κ1) is 12.9. The second-order valence-corrected chi connectivity index (χ2v) is 4.89. The van der Waals surface area contributed by atoms with Crippen molar-refractivity contribution in [2.45, 2.75) is 38.8 Å². The molecule has 0 aromatic rings. The van der Waals surface area contributed by atoms with E-state index >= 15 is 0 Å². The summed E-state index contributed by atoms with van der Waals surface area (Å²) < 4.78 is 0. The predicted molar refractivity (Wildman–Crippen MR) is 66.3 cm³/mol. The molecule has 1 saturated heterocycles. The lowest BCUT2D eigenvalue weighted by Crippen LogP contribution is -2.48. The summed E-state index contributed by atoms with van der Waals surface area (Å²) in [5.74, 6) is 0. The summed E-state index contributed by atoms with van der Waals surface area (Å²) >= 11 is 0. The van der Waals surface area contributed by atoms with Crippen molar-refractivity contribution in [3.63, 3.8) is 0 Å². The van der Waals surface area contributed by atoms with Gasteiger partial charge in [0.1, 0.15) is 0 Å². The Bertz CT molecular complexity index is 162. The minimum absolute atomic E-state index is 0.688. The zero-order valence-corrected chi connectivity index (χ0v) is 10.8. The van der Waals surface area contributed by atoms with E-state index in [2.05, 4.69) is 43.1 Å². The van der Waals surface area contributed by atoms with Crippen LogP contribution in [0, 0.1) is 0 Å². The minimum atomic E-state index is 0.688. The number of hydrogen-bond acceptors (Lipinski definition) is 3. The number of rotatable bonds is 5. The second kappa shape index (κ2) is 6.46. The molecule has 0 radical (unpaired) electrons. The molecule has 0 aromatic heterocycles. The third kappa shape index (κ3) is 4.09. The molecule has 0 aliphatic carbocycles. The maximum absolute atomic E-state index is 3.43. The number of nitrogens with one attached hydrogen (secondary N) is 1. The molecule has 1 heterocycles. The van der Waals surface area contributed by atoms with Crippen LogP contribution in [0.15, 0.2) is 0 Å². The van der Waals surface area contributed by atoms with E-state index in [1.54, 1.807) is 0 Å². The van der Waals surface area contributed by atoms with E-state index in [1.165, 1.54) is 25.9 Å². The van der Waals surface area contributed by atoms with Crippen molar-refractivity contribution in [1.82, 2.24) is 15.1 Å². The molecule has 1 fully saturated rings. The van der Waals surface area contributed by atoms with Gasteiger partial charge in [0.05, 0.1) is 0 Å². The van der Waals surface area contributed by atoms with Crippen LogP contribution in [0.4, 0.5) is 0 Å². The highest BCUT2D eigenvalue weighted by Crippen LogP contribution is 2.15. The molecule has 15 heavy (non-hydrogen) atoms. The number of likely N-dealkylation sites (N-methyl/N-ethyl adjacent to an activating group) is 1. The molecule has 0 amide bonds. The summed E-state index contributed by atoms with van der Waals surface area (Å²) in [6.45, 7) is 9.23. The molecular formula is C12H27N3. The monoisotopic (exact) mass is 213 g/mol. The molecule has 90 valence electrons. The maximum Gasteiger partial charge on any atom is 0.0192 e. The van der Waals surface area contributed by atoms with Crippen LogP contribution in [0.2, 0.25) is 0 Å². The molecule has 0 bridgehead atoms. The van der Waals surface area contributed by atoms with E-state index in [9.17, 15) is 0 Å². The molecule has 1 aliphatic heterocycles. The Labute approximate surface area is 94.8 Å². The Morgan fingerprint density at radius 1 is 1.33 bits per heavy atom. The highest BCUT2D eigenvalue weighted by molar-refractivity contribution is 4.80. The van der Waals surface area contributed by atoms with Crippen molar-refractivity contribution in [2.75, 3.05) is 40.3 Å².